The molecule has 0 bridgehead atoms. The molecule has 230 valence electrons. The van der Waals surface area contributed by atoms with Gasteiger partial charge in [-0.2, -0.15) is 14.7 Å². The summed E-state index contributed by atoms with van der Waals surface area (Å²) in [6, 6.07) is 14.7. The highest BCUT2D eigenvalue weighted by atomic mass is 19.1. The Balaban J connectivity index is 0.000000871. The molecule has 4 aromatic heterocycles. The van der Waals surface area contributed by atoms with Crippen molar-refractivity contribution >= 4 is 39.8 Å². The number of imidazole rings is 1. The summed E-state index contributed by atoms with van der Waals surface area (Å²) in [4.78, 5) is 45.5. The highest BCUT2D eigenvalue weighted by Crippen LogP contribution is 2.33. The maximum atomic E-state index is 14.4. The average molecular weight is 609 g/mol. The van der Waals surface area contributed by atoms with E-state index in [-0.39, 0.29) is 23.8 Å². The Morgan fingerprint density at radius 2 is 1.76 bits per heavy atom. The average Bonchev–Trinajstić information content (AvgIpc) is 3.66. The molecule has 0 fully saturated rings. The van der Waals surface area contributed by atoms with Gasteiger partial charge in [0.15, 0.2) is 11.5 Å². The van der Waals surface area contributed by atoms with Gasteiger partial charge in [0.05, 0.1) is 28.3 Å². The number of fused-ring (bicyclic) bond motifs is 2. The summed E-state index contributed by atoms with van der Waals surface area (Å²) in [6.45, 7) is 8.24. The van der Waals surface area contributed by atoms with Gasteiger partial charge in [0, 0.05) is 41.5 Å². The molecule has 6 rings (SSSR count). The lowest BCUT2D eigenvalue weighted by Gasteiger charge is -2.09. The van der Waals surface area contributed by atoms with Crippen LogP contribution in [0.4, 0.5) is 10.1 Å². The number of nitrogens with zero attached hydrogens (tertiary/aromatic N) is 4. The lowest BCUT2D eigenvalue weighted by molar-refractivity contribution is -0.191. The van der Waals surface area contributed by atoms with Crippen LogP contribution in [0.25, 0.3) is 55.8 Å². The third-order valence-corrected chi connectivity index (χ3v) is 6.67. The normalized spacial score (nSPS) is 10.6. The lowest BCUT2D eigenvalue weighted by atomic mass is 10.0. The maximum absolute atomic E-state index is 14.4. The minimum atomic E-state index is -0.295. The zero-order chi connectivity index (χ0) is 32.5. The number of hydrogen-bond donors (Lipinski definition) is 4. The number of pyridine rings is 2. The second kappa shape index (κ2) is 14.7. The molecule has 0 saturated carbocycles. The molecule has 12 heteroatoms. The fourth-order valence-electron chi connectivity index (χ4n) is 4.69. The Kier molecular flexibility index (Phi) is 10.6. The molecule has 4 heterocycles. The quantitative estimate of drug-likeness (QED) is 0.169. The molecule has 0 aliphatic carbocycles. The van der Waals surface area contributed by atoms with Gasteiger partial charge < -0.3 is 15.6 Å². The highest BCUT2D eigenvalue weighted by Gasteiger charge is 2.17. The predicted molar refractivity (Wildman–Crippen MR) is 170 cm³/mol. The summed E-state index contributed by atoms with van der Waals surface area (Å²) in [6.07, 6.45) is 5.31. The predicted octanol–water partition coefficient (Wildman–Crippen LogP) is 6.13. The van der Waals surface area contributed by atoms with Crippen LogP contribution in [0.5, 0.6) is 0 Å². The number of hydrogen-bond acceptors (Lipinski definition) is 8. The van der Waals surface area contributed by atoms with Gasteiger partial charge in [-0.1, -0.05) is 39.8 Å². The third-order valence-electron chi connectivity index (χ3n) is 6.67. The van der Waals surface area contributed by atoms with Crippen LogP contribution in [0.15, 0.2) is 67.1 Å². The van der Waals surface area contributed by atoms with Gasteiger partial charge in [-0.25, -0.2) is 14.4 Å². The number of aromatic nitrogens is 6. The summed E-state index contributed by atoms with van der Waals surface area (Å²) in [5.41, 5.74) is 7.43. The maximum Gasteiger partial charge on any atom is 0.373 e. The van der Waals surface area contributed by atoms with Crippen molar-refractivity contribution in [2.45, 2.75) is 34.2 Å². The molecular weight excluding hydrogens is 575 g/mol. The first kappa shape index (κ1) is 32.3. The monoisotopic (exact) mass is 608 g/mol. The molecule has 11 nitrogen and oxygen atoms in total. The minimum absolute atomic E-state index is 0.0783. The van der Waals surface area contributed by atoms with Crippen LogP contribution >= 0.6 is 0 Å². The molecule has 0 unspecified atom stereocenters. The minimum Gasteiger partial charge on any atom is -0.337 e. The summed E-state index contributed by atoms with van der Waals surface area (Å²) in [5, 5.41) is 14.2. The van der Waals surface area contributed by atoms with Crippen LogP contribution in [-0.2, 0) is 20.9 Å². The van der Waals surface area contributed by atoms with Crippen molar-refractivity contribution in [2.75, 3.05) is 12.4 Å². The van der Waals surface area contributed by atoms with E-state index < -0.39 is 0 Å². The molecule has 0 spiro atoms. The number of H-pyrrole nitrogens is 2. The smallest absolute Gasteiger partial charge is 0.337 e. The zero-order valence-corrected chi connectivity index (χ0v) is 25.5. The van der Waals surface area contributed by atoms with Gasteiger partial charge in [0.2, 0.25) is 5.91 Å². The molecule has 0 atom stereocenters. The Morgan fingerprint density at radius 3 is 2.49 bits per heavy atom. The molecule has 0 radical (unpaired) electrons. The number of nitrogens with one attached hydrogen (secondary N) is 4. The number of aromatic amines is 2. The fraction of sp³-hybridized carbons (Fsp3) is 0.212. The Labute approximate surface area is 258 Å². The van der Waals surface area contributed by atoms with E-state index in [1.165, 1.54) is 12.1 Å². The number of amides is 1. The Morgan fingerprint density at radius 1 is 1.00 bits per heavy atom. The van der Waals surface area contributed by atoms with E-state index in [9.17, 15) is 9.18 Å². The number of para-hydroxylation sites is 1. The third kappa shape index (κ3) is 7.32. The van der Waals surface area contributed by atoms with Gasteiger partial charge in [-0.15, -0.1) is 0 Å². The van der Waals surface area contributed by atoms with E-state index in [2.05, 4.69) is 35.8 Å². The van der Waals surface area contributed by atoms with Crippen molar-refractivity contribution in [1.82, 2.24) is 35.5 Å². The van der Waals surface area contributed by atoms with Gasteiger partial charge in [-0.3, -0.25) is 14.9 Å². The topological polar surface area (TPSA) is 158 Å². The number of carbonyl (C=O) groups is 1. The standard InChI is InChI=1S/C30H27FN8O.C2H6.CO2/c1-16(2)30(40)35-22-10-19(13-33-15-22)20-11-24-27(38-39-28(24)34-14-20)29-36-25-6-4-5-23(26(25)37-29)18-7-17(12-32-3)8-21(31)9-18;1-2;2-1-3/h4-11,13-16,32H,12H2,1-3H3,(H,35,40)(H,36,37)(H,34,38,39);1-2H3;. The van der Waals surface area contributed by atoms with Crippen LogP contribution in [-0.4, -0.2) is 49.2 Å². The van der Waals surface area contributed by atoms with Crippen molar-refractivity contribution in [3.05, 3.63) is 78.5 Å². The van der Waals surface area contributed by atoms with Crippen molar-refractivity contribution < 1.29 is 18.8 Å². The van der Waals surface area contributed by atoms with E-state index >= 15 is 0 Å². The molecule has 45 heavy (non-hydrogen) atoms. The first-order valence-electron chi connectivity index (χ1n) is 14.3. The van der Waals surface area contributed by atoms with Crippen molar-refractivity contribution in [3.63, 3.8) is 0 Å². The van der Waals surface area contributed by atoms with Crippen LogP contribution in [0.3, 0.4) is 0 Å². The van der Waals surface area contributed by atoms with Gasteiger partial charge >= 0.3 is 6.15 Å². The van der Waals surface area contributed by atoms with Gasteiger partial charge in [0.1, 0.15) is 11.5 Å². The molecular formula is C33H33FN8O3. The second-order valence-electron chi connectivity index (χ2n) is 10.0. The number of carbonyl (C=O) groups excluding carboxylic acids is 3. The van der Waals surface area contributed by atoms with E-state index in [4.69, 9.17) is 14.6 Å². The van der Waals surface area contributed by atoms with Crippen LogP contribution in [0, 0.1) is 11.7 Å². The largest absolute Gasteiger partial charge is 0.373 e. The summed E-state index contributed by atoms with van der Waals surface area (Å²) in [7, 11) is 1.83. The second-order valence-corrected chi connectivity index (χ2v) is 10.0. The Bertz CT molecular complexity index is 1980. The van der Waals surface area contributed by atoms with Crippen LogP contribution < -0.4 is 10.6 Å². The Hall–Kier alpha value is -5.58. The van der Waals surface area contributed by atoms with E-state index in [0.29, 0.717) is 29.4 Å². The number of benzene rings is 2. The first-order valence-corrected chi connectivity index (χ1v) is 14.3. The first-order chi connectivity index (χ1) is 21.8. The molecule has 0 saturated heterocycles. The van der Waals surface area contributed by atoms with Gasteiger partial charge in [0.25, 0.3) is 0 Å². The summed E-state index contributed by atoms with van der Waals surface area (Å²) in [5.74, 6) is 0.0732. The van der Waals surface area contributed by atoms with Gasteiger partial charge in [-0.05, 0) is 54.6 Å². The van der Waals surface area contributed by atoms with Crippen molar-refractivity contribution in [1.29, 1.82) is 0 Å². The number of halogens is 1. The summed E-state index contributed by atoms with van der Waals surface area (Å²) >= 11 is 0. The van der Waals surface area contributed by atoms with E-state index in [1.807, 2.05) is 71.1 Å². The number of rotatable bonds is 7. The molecule has 4 N–H and O–H groups in total. The zero-order valence-electron chi connectivity index (χ0n) is 25.5. The molecule has 0 aliphatic rings. The molecule has 6 aromatic rings. The van der Waals surface area contributed by atoms with Crippen LogP contribution in [0.2, 0.25) is 0 Å². The fourth-order valence-corrected chi connectivity index (χ4v) is 4.69. The SMILES string of the molecule is CC.CNCc1cc(F)cc(-c2cccc3[nH]c(-c4[nH]nc5ncc(-c6cncc(NC(=O)C(C)C)c6)cc45)nc23)c1.O=C=O. The van der Waals surface area contributed by atoms with E-state index in [1.54, 1.807) is 18.6 Å². The summed E-state index contributed by atoms with van der Waals surface area (Å²) < 4.78 is 14.4. The lowest BCUT2D eigenvalue weighted by Crippen LogP contribution is -2.17. The number of anilines is 1. The van der Waals surface area contributed by atoms with Crippen molar-refractivity contribution in [2.24, 2.45) is 5.92 Å². The molecule has 2 aromatic carbocycles. The van der Waals surface area contributed by atoms with Crippen LogP contribution in [0.1, 0.15) is 33.3 Å². The van der Waals surface area contributed by atoms with Crippen molar-refractivity contribution in [3.8, 4) is 33.8 Å². The molecule has 0 aliphatic heterocycles. The molecule has 1 amide bonds. The highest BCUT2D eigenvalue weighted by molar-refractivity contribution is 5.97. The van der Waals surface area contributed by atoms with E-state index in [0.717, 1.165) is 44.2 Å².